The van der Waals surface area contributed by atoms with Crippen LogP contribution in [0.2, 0.25) is 0 Å². The summed E-state index contributed by atoms with van der Waals surface area (Å²) in [6.07, 6.45) is 2.01. The quantitative estimate of drug-likeness (QED) is 0.724. The van der Waals surface area contributed by atoms with Gasteiger partial charge in [-0.15, -0.1) is 0 Å². The SMILES string of the molecule is CN1CCC[C@H](NC(=O)CC(C)(C)C)C(=O)N2C[C@@H](N)C[C@H]2COc2cccc(c2)C1=O. The molecule has 0 saturated carbocycles. The molecule has 1 aromatic rings. The second-order valence-corrected chi connectivity index (χ2v) is 10.2. The van der Waals surface area contributed by atoms with Crippen molar-refractivity contribution in [2.45, 2.75) is 64.6 Å². The molecule has 3 atom stereocenters. The van der Waals surface area contributed by atoms with Crippen LogP contribution in [0.4, 0.5) is 0 Å². The van der Waals surface area contributed by atoms with E-state index >= 15 is 0 Å². The van der Waals surface area contributed by atoms with Gasteiger partial charge < -0.3 is 25.6 Å². The number of nitrogens with zero attached hydrogens (tertiary/aromatic N) is 2. The average molecular weight is 445 g/mol. The Labute approximate surface area is 190 Å². The lowest BCUT2D eigenvalue weighted by Gasteiger charge is -2.30. The summed E-state index contributed by atoms with van der Waals surface area (Å²) in [5, 5.41) is 2.95. The zero-order valence-corrected chi connectivity index (χ0v) is 19.6. The molecule has 32 heavy (non-hydrogen) atoms. The Morgan fingerprint density at radius 3 is 2.75 bits per heavy atom. The summed E-state index contributed by atoms with van der Waals surface area (Å²) in [6.45, 7) is 7.18. The Bertz CT molecular complexity index is 851. The monoisotopic (exact) mass is 444 g/mol. The van der Waals surface area contributed by atoms with E-state index in [0.717, 1.165) is 0 Å². The lowest BCUT2D eigenvalue weighted by atomic mass is 9.91. The second-order valence-electron chi connectivity index (χ2n) is 10.2. The number of ether oxygens (including phenoxy) is 1. The maximum absolute atomic E-state index is 13.5. The summed E-state index contributed by atoms with van der Waals surface area (Å²) >= 11 is 0. The fourth-order valence-corrected chi connectivity index (χ4v) is 4.33. The number of fused-ring (bicyclic) bond motifs is 3. The van der Waals surface area contributed by atoms with Gasteiger partial charge in [0.25, 0.3) is 5.91 Å². The molecule has 1 fully saturated rings. The fourth-order valence-electron chi connectivity index (χ4n) is 4.33. The van der Waals surface area contributed by atoms with E-state index in [2.05, 4.69) is 5.32 Å². The molecule has 1 saturated heterocycles. The number of nitrogens with one attached hydrogen (secondary N) is 1. The molecule has 3 N–H and O–H groups in total. The van der Waals surface area contributed by atoms with Crippen molar-refractivity contribution < 1.29 is 19.1 Å². The van der Waals surface area contributed by atoms with Gasteiger partial charge in [-0.25, -0.2) is 0 Å². The minimum Gasteiger partial charge on any atom is -0.491 e. The highest BCUT2D eigenvalue weighted by molar-refractivity contribution is 5.94. The lowest BCUT2D eigenvalue weighted by molar-refractivity contribution is -0.138. The minimum absolute atomic E-state index is 0.100. The van der Waals surface area contributed by atoms with Crippen LogP contribution in [-0.4, -0.2) is 72.4 Å². The molecule has 0 aromatic heterocycles. The predicted molar refractivity (Wildman–Crippen MR) is 122 cm³/mol. The zero-order valence-electron chi connectivity index (χ0n) is 19.6. The summed E-state index contributed by atoms with van der Waals surface area (Å²) in [7, 11) is 1.74. The van der Waals surface area contributed by atoms with E-state index in [4.69, 9.17) is 10.5 Å². The smallest absolute Gasteiger partial charge is 0.253 e. The van der Waals surface area contributed by atoms with Crippen molar-refractivity contribution in [3.8, 4) is 5.75 Å². The third-order valence-corrected chi connectivity index (χ3v) is 5.91. The largest absolute Gasteiger partial charge is 0.491 e. The van der Waals surface area contributed by atoms with E-state index < -0.39 is 6.04 Å². The van der Waals surface area contributed by atoms with Gasteiger partial charge >= 0.3 is 0 Å². The highest BCUT2D eigenvalue weighted by atomic mass is 16.5. The number of amides is 3. The third-order valence-electron chi connectivity index (χ3n) is 5.91. The van der Waals surface area contributed by atoms with Gasteiger partial charge in [0, 0.05) is 38.2 Å². The molecule has 3 rings (SSSR count). The highest BCUT2D eigenvalue weighted by Gasteiger charge is 2.38. The molecule has 2 aliphatic rings. The maximum Gasteiger partial charge on any atom is 0.253 e. The molecule has 2 aliphatic heterocycles. The maximum atomic E-state index is 13.5. The molecule has 2 heterocycles. The minimum atomic E-state index is -0.651. The van der Waals surface area contributed by atoms with Crippen molar-refractivity contribution in [3.05, 3.63) is 29.8 Å². The summed E-state index contributed by atoms with van der Waals surface area (Å²) in [6, 6.07) is 6.15. The number of benzene rings is 1. The van der Waals surface area contributed by atoms with Crippen molar-refractivity contribution in [2.75, 3.05) is 26.7 Å². The van der Waals surface area contributed by atoms with Gasteiger partial charge in [0.1, 0.15) is 18.4 Å². The van der Waals surface area contributed by atoms with Gasteiger partial charge in [-0.1, -0.05) is 26.8 Å². The first-order valence-corrected chi connectivity index (χ1v) is 11.4. The molecule has 0 spiro atoms. The number of carbonyl (C=O) groups excluding carboxylic acids is 3. The van der Waals surface area contributed by atoms with Gasteiger partial charge in [-0.2, -0.15) is 0 Å². The van der Waals surface area contributed by atoms with Crippen LogP contribution in [0, 0.1) is 5.41 Å². The Balaban J connectivity index is 1.84. The Morgan fingerprint density at radius 1 is 1.28 bits per heavy atom. The standard InChI is InChI=1S/C24H36N4O4/c1-24(2,3)13-21(29)26-20-9-6-10-27(4)22(30)16-7-5-8-19(11-16)32-15-18-12-17(25)14-28(18)23(20)31/h5,7-8,11,17-18,20H,6,9-10,12-15,25H2,1-4H3,(H,26,29)/t17-,18-,20-/m0/s1. The van der Waals surface area contributed by atoms with Gasteiger partial charge in [0.15, 0.2) is 0 Å². The van der Waals surface area contributed by atoms with Crippen molar-refractivity contribution in [2.24, 2.45) is 11.1 Å². The first kappa shape index (κ1) is 24.0. The topological polar surface area (TPSA) is 105 Å². The summed E-state index contributed by atoms with van der Waals surface area (Å²) < 4.78 is 5.96. The van der Waals surface area contributed by atoms with E-state index in [1.54, 1.807) is 41.1 Å². The summed E-state index contributed by atoms with van der Waals surface area (Å²) in [5.74, 6) is 0.210. The number of hydrogen-bond donors (Lipinski definition) is 2. The fraction of sp³-hybridized carbons (Fsp3) is 0.625. The van der Waals surface area contributed by atoms with Crippen LogP contribution < -0.4 is 15.8 Å². The molecule has 8 heteroatoms. The van der Waals surface area contributed by atoms with E-state index in [0.29, 0.717) is 50.1 Å². The van der Waals surface area contributed by atoms with Crippen LogP contribution in [0.15, 0.2) is 24.3 Å². The first-order valence-electron chi connectivity index (χ1n) is 11.4. The van der Waals surface area contributed by atoms with E-state index in [-0.39, 0.29) is 41.8 Å². The average Bonchev–Trinajstić information content (AvgIpc) is 3.09. The van der Waals surface area contributed by atoms with Crippen molar-refractivity contribution in [3.63, 3.8) is 0 Å². The molecule has 0 aliphatic carbocycles. The van der Waals surface area contributed by atoms with Gasteiger partial charge in [0.2, 0.25) is 11.8 Å². The third kappa shape index (κ3) is 6.22. The molecule has 2 bridgehead atoms. The molecule has 1 aromatic carbocycles. The summed E-state index contributed by atoms with van der Waals surface area (Å²) in [5.41, 5.74) is 6.57. The molecule has 3 amide bonds. The van der Waals surface area contributed by atoms with Crippen LogP contribution in [0.5, 0.6) is 5.75 Å². The zero-order chi connectivity index (χ0) is 23.5. The molecular weight excluding hydrogens is 408 g/mol. The van der Waals surface area contributed by atoms with Crippen LogP contribution >= 0.6 is 0 Å². The van der Waals surface area contributed by atoms with E-state index in [1.165, 1.54) is 0 Å². The van der Waals surface area contributed by atoms with Crippen molar-refractivity contribution >= 4 is 17.7 Å². The Morgan fingerprint density at radius 2 is 2.03 bits per heavy atom. The Hall–Kier alpha value is -2.61. The van der Waals surface area contributed by atoms with Gasteiger partial charge in [0.05, 0.1) is 6.04 Å². The molecule has 176 valence electrons. The second kappa shape index (κ2) is 9.90. The lowest BCUT2D eigenvalue weighted by Crippen LogP contribution is -2.52. The van der Waals surface area contributed by atoms with E-state index in [9.17, 15) is 14.4 Å². The van der Waals surface area contributed by atoms with Crippen LogP contribution in [-0.2, 0) is 9.59 Å². The molecular formula is C24H36N4O4. The first-order chi connectivity index (χ1) is 15.0. The van der Waals surface area contributed by atoms with Crippen LogP contribution in [0.3, 0.4) is 0 Å². The summed E-state index contributed by atoms with van der Waals surface area (Å²) in [4.78, 5) is 42.3. The number of rotatable bonds is 2. The predicted octanol–water partition coefficient (Wildman–Crippen LogP) is 1.78. The van der Waals surface area contributed by atoms with Crippen molar-refractivity contribution in [1.82, 2.24) is 15.1 Å². The van der Waals surface area contributed by atoms with Crippen LogP contribution in [0.1, 0.15) is 56.8 Å². The van der Waals surface area contributed by atoms with E-state index in [1.807, 2.05) is 20.8 Å². The molecule has 8 nitrogen and oxygen atoms in total. The Kier molecular flexibility index (Phi) is 7.44. The van der Waals surface area contributed by atoms with Crippen LogP contribution in [0.25, 0.3) is 0 Å². The normalized spacial score (nSPS) is 25.1. The van der Waals surface area contributed by atoms with Crippen molar-refractivity contribution in [1.29, 1.82) is 0 Å². The number of carbonyl (C=O) groups is 3. The molecule has 0 radical (unpaired) electrons. The van der Waals surface area contributed by atoms with Gasteiger partial charge in [-0.3, -0.25) is 14.4 Å². The number of nitrogens with two attached hydrogens (primary N) is 1. The highest BCUT2D eigenvalue weighted by Crippen LogP contribution is 2.23. The van der Waals surface area contributed by atoms with Gasteiger partial charge in [-0.05, 0) is 42.9 Å². The number of hydrogen-bond acceptors (Lipinski definition) is 5. The molecule has 0 unspecified atom stereocenters.